The first kappa shape index (κ1) is 19.5. The minimum atomic E-state index is -0.319. The molecule has 0 saturated carbocycles. The maximum Gasteiger partial charge on any atom is 0.338 e. The molecule has 0 spiro atoms. The average molecular weight is 393 g/mol. The van der Waals surface area contributed by atoms with E-state index in [9.17, 15) is 4.79 Å². The second kappa shape index (κ2) is 7.87. The largest absolute Gasteiger partial charge is 0.465 e. The van der Waals surface area contributed by atoms with Crippen LogP contribution in [0.1, 0.15) is 35.8 Å². The molecule has 0 N–H and O–H groups in total. The van der Waals surface area contributed by atoms with E-state index in [0.29, 0.717) is 5.56 Å². The molecule has 1 aromatic carbocycles. The van der Waals surface area contributed by atoms with Crippen molar-refractivity contribution in [3.63, 3.8) is 0 Å². The van der Waals surface area contributed by atoms with Crippen LogP contribution in [-0.4, -0.2) is 48.9 Å². The van der Waals surface area contributed by atoms with Gasteiger partial charge in [-0.2, -0.15) is 0 Å². The first-order valence-electron chi connectivity index (χ1n) is 10.0. The molecule has 3 heterocycles. The number of carbonyl (C=O) groups excluding carboxylic acids is 1. The van der Waals surface area contributed by atoms with E-state index >= 15 is 0 Å². The molecule has 1 fully saturated rings. The number of methoxy groups -OCH3 is 1. The standard InChI is InChI=1S/C23H27N3O3/c1-15(2)26-8-7-18-20(13-19(23(27)28-4)16(3)22(18)26)17-5-6-21(24-14-17)25-9-11-29-12-10-25/h5-8,13-15H,9-12H2,1-4H3. The number of morpholine rings is 1. The maximum atomic E-state index is 12.5. The van der Waals surface area contributed by atoms with Crippen LogP contribution in [0, 0.1) is 6.92 Å². The molecule has 0 amide bonds. The average Bonchev–Trinajstić information content (AvgIpc) is 3.20. The van der Waals surface area contributed by atoms with Crippen molar-refractivity contribution in [2.45, 2.75) is 26.8 Å². The number of aryl methyl sites for hydroxylation is 1. The highest BCUT2D eigenvalue weighted by Crippen LogP contribution is 2.35. The van der Waals surface area contributed by atoms with Crippen LogP contribution in [0.15, 0.2) is 36.7 Å². The first-order valence-corrected chi connectivity index (χ1v) is 10.0. The van der Waals surface area contributed by atoms with Gasteiger partial charge in [0.2, 0.25) is 0 Å². The van der Waals surface area contributed by atoms with Gasteiger partial charge in [-0.3, -0.25) is 0 Å². The van der Waals surface area contributed by atoms with Gasteiger partial charge in [0.15, 0.2) is 0 Å². The molecule has 1 aliphatic rings. The Labute approximate surface area is 171 Å². The Balaban J connectivity index is 1.84. The molecule has 2 aromatic heterocycles. The number of hydrogen-bond acceptors (Lipinski definition) is 5. The second-order valence-electron chi connectivity index (χ2n) is 7.67. The van der Waals surface area contributed by atoms with Gasteiger partial charge in [-0.1, -0.05) is 0 Å². The highest BCUT2D eigenvalue weighted by Gasteiger charge is 2.20. The van der Waals surface area contributed by atoms with Crippen molar-refractivity contribution >= 4 is 22.7 Å². The lowest BCUT2D eigenvalue weighted by Crippen LogP contribution is -2.36. The number of nitrogens with zero attached hydrogens (tertiary/aromatic N) is 3. The summed E-state index contributed by atoms with van der Waals surface area (Å²) in [5.41, 5.74) is 4.57. The zero-order chi connectivity index (χ0) is 20.5. The fourth-order valence-electron chi connectivity index (χ4n) is 4.03. The van der Waals surface area contributed by atoms with E-state index in [4.69, 9.17) is 14.5 Å². The Kier molecular flexibility index (Phi) is 5.28. The molecule has 0 aliphatic carbocycles. The number of ether oxygens (including phenoxy) is 2. The number of aromatic nitrogens is 2. The third-order valence-electron chi connectivity index (χ3n) is 5.61. The summed E-state index contributed by atoms with van der Waals surface area (Å²) >= 11 is 0. The van der Waals surface area contributed by atoms with E-state index in [1.165, 1.54) is 7.11 Å². The summed E-state index contributed by atoms with van der Waals surface area (Å²) in [6.07, 6.45) is 3.98. The molecule has 6 nitrogen and oxygen atoms in total. The second-order valence-corrected chi connectivity index (χ2v) is 7.67. The zero-order valence-electron chi connectivity index (χ0n) is 17.4. The van der Waals surface area contributed by atoms with Crippen molar-refractivity contribution in [2.75, 3.05) is 38.3 Å². The number of carbonyl (C=O) groups is 1. The summed E-state index contributed by atoms with van der Waals surface area (Å²) in [5.74, 6) is 0.633. The highest BCUT2D eigenvalue weighted by atomic mass is 16.5. The molecule has 3 aromatic rings. The summed E-state index contributed by atoms with van der Waals surface area (Å²) in [4.78, 5) is 19.4. The van der Waals surface area contributed by atoms with Crippen LogP contribution >= 0.6 is 0 Å². The van der Waals surface area contributed by atoms with Gasteiger partial charge < -0.3 is 18.9 Å². The molecule has 0 unspecified atom stereocenters. The number of benzene rings is 1. The number of pyridine rings is 1. The predicted octanol–water partition coefficient (Wildman–Crippen LogP) is 4.22. The fraction of sp³-hybridized carbons (Fsp3) is 0.391. The number of fused-ring (bicyclic) bond motifs is 1. The monoisotopic (exact) mass is 393 g/mol. The quantitative estimate of drug-likeness (QED) is 0.622. The minimum absolute atomic E-state index is 0.286. The highest BCUT2D eigenvalue weighted by molar-refractivity contribution is 6.04. The molecular weight excluding hydrogens is 366 g/mol. The van der Waals surface area contributed by atoms with E-state index in [0.717, 1.165) is 59.7 Å². The molecule has 1 saturated heterocycles. The summed E-state index contributed by atoms with van der Waals surface area (Å²) in [7, 11) is 1.42. The summed E-state index contributed by atoms with van der Waals surface area (Å²) in [6.45, 7) is 9.43. The van der Waals surface area contributed by atoms with E-state index in [2.05, 4.69) is 41.6 Å². The molecule has 4 rings (SSSR count). The lowest BCUT2D eigenvalue weighted by molar-refractivity contribution is 0.0600. The van der Waals surface area contributed by atoms with Crippen molar-refractivity contribution in [2.24, 2.45) is 0 Å². The Hall–Kier alpha value is -2.86. The topological polar surface area (TPSA) is 56.6 Å². The van der Waals surface area contributed by atoms with Crippen LogP contribution in [0.4, 0.5) is 5.82 Å². The van der Waals surface area contributed by atoms with Crippen LogP contribution in [0.5, 0.6) is 0 Å². The van der Waals surface area contributed by atoms with E-state index in [1.54, 1.807) is 0 Å². The number of esters is 1. The number of anilines is 1. The third kappa shape index (κ3) is 3.49. The van der Waals surface area contributed by atoms with Crippen molar-refractivity contribution in [3.05, 3.63) is 47.8 Å². The summed E-state index contributed by atoms with van der Waals surface area (Å²) in [5, 5.41) is 1.12. The van der Waals surface area contributed by atoms with Gasteiger partial charge in [0, 0.05) is 42.5 Å². The molecule has 29 heavy (non-hydrogen) atoms. The van der Waals surface area contributed by atoms with Crippen molar-refractivity contribution < 1.29 is 14.3 Å². The smallest absolute Gasteiger partial charge is 0.338 e. The lowest BCUT2D eigenvalue weighted by atomic mass is 9.96. The first-order chi connectivity index (χ1) is 14.0. The normalized spacial score (nSPS) is 14.6. The summed E-state index contributed by atoms with van der Waals surface area (Å²) < 4.78 is 12.7. The Morgan fingerprint density at radius 1 is 1.21 bits per heavy atom. The minimum Gasteiger partial charge on any atom is -0.465 e. The zero-order valence-corrected chi connectivity index (χ0v) is 17.4. The van der Waals surface area contributed by atoms with Gasteiger partial charge in [0.05, 0.1) is 31.4 Å². The third-order valence-corrected chi connectivity index (χ3v) is 5.61. The van der Waals surface area contributed by atoms with Crippen LogP contribution in [0.3, 0.4) is 0 Å². The van der Waals surface area contributed by atoms with Crippen LogP contribution < -0.4 is 4.90 Å². The fourth-order valence-corrected chi connectivity index (χ4v) is 4.03. The Morgan fingerprint density at radius 3 is 2.59 bits per heavy atom. The maximum absolute atomic E-state index is 12.5. The molecule has 6 heteroatoms. The molecule has 0 atom stereocenters. The van der Waals surface area contributed by atoms with Crippen LogP contribution in [0.25, 0.3) is 22.0 Å². The van der Waals surface area contributed by atoms with E-state index in [-0.39, 0.29) is 12.0 Å². The van der Waals surface area contributed by atoms with Gasteiger partial charge in [0.1, 0.15) is 5.82 Å². The molecule has 0 bridgehead atoms. The SMILES string of the molecule is COC(=O)c1cc(-c2ccc(N3CCOCC3)nc2)c2ccn(C(C)C)c2c1C. The Morgan fingerprint density at radius 2 is 1.97 bits per heavy atom. The van der Waals surface area contributed by atoms with Crippen LogP contribution in [0.2, 0.25) is 0 Å². The lowest BCUT2D eigenvalue weighted by Gasteiger charge is -2.27. The molecular formula is C23H27N3O3. The predicted molar refractivity (Wildman–Crippen MR) is 115 cm³/mol. The number of rotatable bonds is 4. The van der Waals surface area contributed by atoms with Crippen molar-refractivity contribution in [1.82, 2.24) is 9.55 Å². The van der Waals surface area contributed by atoms with Gasteiger partial charge in [-0.15, -0.1) is 0 Å². The van der Waals surface area contributed by atoms with Crippen molar-refractivity contribution in [3.8, 4) is 11.1 Å². The molecule has 0 radical (unpaired) electrons. The van der Waals surface area contributed by atoms with Gasteiger partial charge >= 0.3 is 5.97 Å². The van der Waals surface area contributed by atoms with Gasteiger partial charge in [0.25, 0.3) is 0 Å². The molecule has 1 aliphatic heterocycles. The Bertz CT molecular complexity index is 1030. The van der Waals surface area contributed by atoms with Gasteiger partial charge in [-0.25, -0.2) is 9.78 Å². The van der Waals surface area contributed by atoms with E-state index < -0.39 is 0 Å². The van der Waals surface area contributed by atoms with E-state index in [1.807, 2.05) is 25.3 Å². The van der Waals surface area contributed by atoms with Crippen molar-refractivity contribution in [1.29, 1.82) is 0 Å². The van der Waals surface area contributed by atoms with Gasteiger partial charge in [-0.05, 0) is 56.2 Å². The molecule has 152 valence electrons. The van der Waals surface area contributed by atoms with Crippen LogP contribution in [-0.2, 0) is 9.47 Å². The summed E-state index contributed by atoms with van der Waals surface area (Å²) in [6, 6.07) is 8.46. The number of hydrogen-bond donors (Lipinski definition) is 0.